The fourth-order valence-corrected chi connectivity index (χ4v) is 3.05. The second-order valence-electron chi connectivity index (χ2n) is 4.27. The van der Waals surface area contributed by atoms with Crippen LogP contribution in [0.25, 0.3) is 11.0 Å². The molecule has 5 heteroatoms. The average molecular weight is 401 g/mol. The van der Waals surface area contributed by atoms with Crippen LogP contribution in [0, 0.1) is 8.34 Å². The van der Waals surface area contributed by atoms with Crippen molar-refractivity contribution in [3.05, 3.63) is 61.4 Å². The molecule has 1 aromatic heterocycles. The number of aromatic amines is 1. The lowest BCUT2D eigenvalue weighted by molar-refractivity contribution is 0.811. The van der Waals surface area contributed by atoms with Gasteiger partial charge in [0.25, 0.3) is 0 Å². The van der Waals surface area contributed by atoms with Crippen LogP contribution in [0.4, 0.5) is 0 Å². The molecule has 0 aliphatic rings. The van der Waals surface area contributed by atoms with Crippen LogP contribution in [0.1, 0.15) is 5.56 Å². The highest BCUT2D eigenvalue weighted by atomic mass is 127. The zero-order valence-electron chi connectivity index (χ0n) is 9.86. The number of nitrogens with one attached hydrogen (secondary N) is 1. The monoisotopic (exact) mass is 400 g/mol. The van der Waals surface area contributed by atoms with Gasteiger partial charge in [-0.25, -0.2) is 0 Å². The summed E-state index contributed by atoms with van der Waals surface area (Å²) in [6.45, 7) is 0.680. The molecule has 0 atom stereocenters. The zero-order chi connectivity index (χ0) is 13.4. The van der Waals surface area contributed by atoms with Crippen LogP contribution in [0.2, 0.25) is 5.02 Å². The molecule has 19 heavy (non-hydrogen) atoms. The highest BCUT2D eigenvalue weighted by Crippen LogP contribution is 2.21. The van der Waals surface area contributed by atoms with Crippen LogP contribution in [0.15, 0.2) is 42.5 Å². The minimum absolute atomic E-state index is 0.680. The Kier molecular flexibility index (Phi) is 3.64. The van der Waals surface area contributed by atoms with E-state index in [1.54, 1.807) is 0 Å². The van der Waals surface area contributed by atoms with Crippen molar-refractivity contribution in [3.63, 3.8) is 0 Å². The van der Waals surface area contributed by atoms with Gasteiger partial charge in [-0.2, -0.15) is 0 Å². The molecule has 0 unspecified atom stereocenters. The van der Waals surface area contributed by atoms with Crippen molar-refractivity contribution >= 4 is 57.4 Å². The molecule has 0 aliphatic carbocycles. The molecule has 2 nitrogen and oxygen atoms in total. The van der Waals surface area contributed by atoms with Gasteiger partial charge >= 0.3 is 0 Å². The first-order valence-electron chi connectivity index (χ1n) is 5.76. The molecule has 0 amide bonds. The minimum atomic E-state index is 0.680. The molecule has 0 saturated carbocycles. The summed E-state index contributed by atoms with van der Waals surface area (Å²) < 4.78 is 3.98. The van der Waals surface area contributed by atoms with Gasteiger partial charge in [0.1, 0.15) is 0 Å². The van der Waals surface area contributed by atoms with E-state index < -0.39 is 0 Å². The second-order valence-corrected chi connectivity index (χ2v) is 6.31. The Bertz CT molecular complexity index is 807. The van der Waals surface area contributed by atoms with Gasteiger partial charge < -0.3 is 9.55 Å². The molecule has 0 bridgehead atoms. The summed E-state index contributed by atoms with van der Waals surface area (Å²) in [5.74, 6) is 0. The van der Waals surface area contributed by atoms with E-state index in [0.29, 0.717) is 6.54 Å². The van der Waals surface area contributed by atoms with Crippen LogP contribution in [-0.2, 0) is 6.54 Å². The van der Waals surface area contributed by atoms with Gasteiger partial charge in [-0.1, -0.05) is 29.8 Å². The van der Waals surface area contributed by atoms with Gasteiger partial charge in [0.05, 0.1) is 17.6 Å². The first-order chi connectivity index (χ1) is 9.15. The fraction of sp³-hybridized carbons (Fsp3) is 0.0714. The van der Waals surface area contributed by atoms with Crippen molar-refractivity contribution in [2.75, 3.05) is 0 Å². The van der Waals surface area contributed by atoms with E-state index in [1.807, 2.05) is 24.3 Å². The van der Waals surface area contributed by atoms with Gasteiger partial charge in [-0.05, 0) is 64.6 Å². The van der Waals surface area contributed by atoms with Crippen molar-refractivity contribution in [1.82, 2.24) is 9.55 Å². The van der Waals surface area contributed by atoms with Crippen molar-refractivity contribution < 1.29 is 0 Å². The quantitative estimate of drug-likeness (QED) is 0.474. The van der Waals surface area contributed by atoms with Gasteiger partial charge in [0.2, 0.25) is 0 Å². The number of imidazole rings is 1. The zero-order valence-corrected chi connectivity index (χ0v) is 13.6. The molecule has 2 aromatic carbocycles. The molecule has 0 saturated heterocycles. The predicted octanol–water partition coefficient (Wildman–Crippen LogP) is 5.01. The number of halogens is 2. The van der Waals surface area contributed by atoms with E-state index in [-0.39, 0.29) is 0 Å². The third-order valence-corrected chi connectivity index (χ3v) is 4.38. The summed E-state index contributed by atoms with van der Waals surface area (Å²) in [4.78, 5) is 3.24. The molecule has 0 radical (unpaired) electrons. The number of rotatable bonds is 2. The Morgan fingerprint density at radius 3 is 2.79 bits per heavy atom. The maximum atomic E-state index is 6.21. The van der Waals surface area contributed by atoms with E-state index >= 15 is 0 Å². The molecule has 0 fully saturated rings. The van der Waals surface area contributed by atoms with E-state index in [4.69, 9.17) is 23.8 Å². The predicted molar refractivity (Wildman–Crippen MR) is 90.4 cm³/mol. The number of hydrogen-bond donors (Lipinski definition) is 1. The number of hydrogen-bond acceptors (Lipinski definition) is 1. The summed E-state index contributed by atoms with van der Waals surface area (Å²) in [5, 5.41) is 0.768. The Morgan fingerprint density at radius 1 is 1.21 bits per heavy atom. The summed E-state index contributed by atoms with van der Waals surface area (Å²) in [5.41, 5.74) is 3.23. The number of aromatic nitrogens is 2. The lowest BCUT2D eigenvalue weighted by Gasteiger charge is -2.06. The van der Waals surface area contributed by atoms with Crippen LogP contribution < -0.4 is 0 Å². The molecule has 96 valence electrons. The van der Waals surface area contributed by atoms with E-state index in [1.165, 1.54) is 3.57 Å². The van der Waals surface area contributed by atoms with E-state index in [2.05, 4.69) is 50.3 Å². The number of benzene rings is 2. The SMILES string of the molecule is S=c1[nH]c2cc(I)ccc2n1Cc1ccccc1Cl. The molecule has 3 rings (SSSR count). The van der Waals surface area contributed by atoms with Gasteiger partial charge in [-0.15, -0.1) is 0 Å². The third kappa shape index (κ3) is 2.57. The number of fused-ring (bicyclic) bond motifs is 1. The lowest BCUT2D eigenvalue weighted by atomic mass is 10.2. The Balaban J connectivity index is 2.13. The highest BCUT2D eigenvalue weighted by molar-refractivity contribution is 14.1. The Labute approximate surface area is 134 Å². The largest absolute Gasteiger partial charge is 0.331 e. The molecular weight excluding hydrogens is 391 g/mol. The normalized spacial score (nSPS) is 11.1. The summed E-state index contributed by atoms with van der Waals surface area (Å²) >= 11 is 13.9. The first kappa shape index (κ1) is 13.1. The van der Waals surface area contributed by atoms with Crippen molar-refractivity contribution in [3.8, 4) is 0 Å². The first-order valence-corrected chi connectivity index (χ1v) is 7.63. The standard InChI is InChI=1S/C14H10ClIN2S/c15-11-4-2-1-3-9(11)8-18-13-6-5-10(16)7-12(13)17-14(18)19/h1-7H,8H2,(H,17,19). The Hall–Kier alpha value is -0.850. The maximum absolute atomic E-state index is 6.21. The summed E-state index contributed by atoms with van der Waals surface area (Å²) in [6, 6.07) is 14.1. The number of H-pyrrole nitrogens is 1. The average Bonchev–Trinajstić information content (AvgIpc) is 2.68. The topological polar surface area (TPSA) is 20.7 Å². The van der Waals surface area contributed by atoms with E-state index in [9.17, 15) is 0 Å². The van der Waals surface area contributed by atoms with Crippen molar-refractivity contribution in [2.24, 2.45) is 0 Å². The van der Waals surface area contributed by atoms with Crippen LogP contribution in [-0.4, -0.2) is 9.55 Å². The minimum Gasteiger partial charge on any atom is -0.331 e. The Morgan fingerprint density at radius 2 is 2.00 bits per heavy atom. The third-order valence-electron chi connectivity index (χ3n) is 3.02. The molecule has 3 aromatic rings. The molecular formula is C14H10ClIN2S. The molecule has 0 spiro atoms. The van der Waals surface area contributed by atoms with Crippen LogP contribution >= 0.6 is 46.4 Å². The molecule has 0 aliphatic heterocycles. The van der Waals surface area contributed by atoms with Gasteiger partial charge in [0, 0.05) is 8.59 Å². The molecule has 1 N–H and O–H groups in total. The number of nitrogens with zero attached hydrogens (tertiary/aromatic N) is 1. The summed E-state index contributed by atoms with van der Waals surface area (Å²) in [6.07, 6.45) is 0. The van der Waals surface area contributed by atoms with Crippen LogP contribution in [0.3, 0.4) is 0 Å². The maximum Gasteiger partial charge on any atom is 0.178 e. The van der Waals surface area contributed by atoms with Crippen molar-refractivity contribution in [1.29, 1.82) is 0 Å². The van der Waals surface area contributed by atoms with Gasteiger partial charge in [0.15, 0.2) is 4.77 Å². The highest BCUT2D eigenvalue weighted by Gasteiger charge is 2.07. The molecule has 1 heterocycles. The van der Waals surface area contributed by atoms with Crippen molar-refractivity contribution in [2.45, 2.75) is 6.54 Å². The second kappa shape index (κ2) is 5.26. The smallest absolute Gasteiger partial charge is 0.178 e. The van der Waals surface area contributed by atoms with E-state index in [0.717, 1.165) is 26.4 Å². The fourth-order valence-electron chi connectivity index (χ4n) is 2.09. The van der Waals surface area contributed by atoms with Gasteiger partial charge in [-0.3, -0.25) is 0 Å². The lowest BCUT2D eigenvalue weighted by Crippen LogP contribution is -2.00. The van der Waals surface area contributed by atoms with Crippen LogP contribution in [0.5, 0.6) is 0 Å². The summed E-state index contributed by atoms with van der Waals surface area (Å²) in [7, 11) is 0.